The summed E-state index contributed by atoms with van der Waals surface area (Å²) in [5.74, 6) is 0.220. The Morgan fingerprint density at radius 1 is 1.06 bits per heavy atom. The van der Waals surface area contributed by atoms with Gasteiger partial charge in [0, 0.05) is 17.7 Å². The zero-order chi connectivity index (χ0) is 12.5. The maximum atomic E-state index is 12.1. The summed E-state index contributed by atoms with van der Waals surface area (Å²) in [6.07, 6.45) is 0.530. The molecule has 0 bridgehead atoms. The van der Waals surface area contributed by atoms with E-state index >= 15 is 0 Å². The van der Waals surface area contributed by atoms with Gasteiger partial charge in [0.2, 0.25) is 0 Å². The summed E-state index contributed by atoms with van der Waals surface area (Å²) in [5, 5.41) is 3.46. The van der Waals surface area contributed by atoms with Crippen molar-refractivity contribution < 1.29 is 4.79 Å². The Labute approximate surface area is 107 Å². The molecule has 0 aliphatic carbocycles. The first-order chi connectivity index (χ1) is 8.75. The molecule has 0 fully saturated rings. The highest BCUT2D eigenvalue weighted by molar-refractivity contribution is 6.03. The van der Waals surface area contributed by atoms with Gasteiger partial charge in [0.05, 0.1) is 6.04 Å². The van der Waals surface area contributed by atoms with Gasteiger partial charge in [0.15, 0.2) is 5.78 Å². The van der Waals surface area contributed by atoms with Crippen LogP contribution >= 0.6 is 0 Å². The molecule has 1 aliphatic heterocycles. The maximum absolute atomic E-state index is 12.1. The van der Waals surface area contributed by atoms with E-state index < -0.39 is 0 Å². The van der Waals surface area contributed by atoms with Crippen molar-refractivity contribution in [3.05, 3.63) is 65.2 Å². The molecular formula is C16H15NO. The first kappa shape index (κ1) is 11.0. The predicted molar refractivity (Wildman–Crippen MR) is 72.9 cm³/mol. The molecule has 90 valence electrons. The molecule has 0 saturated heterocycles. The number of carbonyl (C=O) groups excluding carboxylic acids is 1. The maximum Gasteiger partial charge on any atom is 0.167 e. The fraction of sp³-hybridized carbons (Fsp3) is 0.188. The normalized spacial score (nSPS) is 18.1. The second kappa shape index (κ2) is 4.30. The molecule has 2 aromatic rings. The first-order valence-electron chi connectivity index (χ1n) is 6.20. The lowest BCUT2D eigenvalue weighted by Crippen LogP contribution is -2.23. The van der Waals surface area contributed by atoms with Crippen LogP contribution in [-0.4, -0.2) is 5.78 Å². The highest BCUT2D eigenvalue weighted by atomic mass is 16.1. The highest BCUT2D eigenvalue weighted by Crippen LogP contribution is 2.33. The molecule has 18 heavy (non-hydrogen) atoms. The van der Waals surface area contributed by atoms with Crippen LogP contribution in [0.3, 0.4) is 0 Å². The van der Waals surface area contributed by atoms with E-state index in [-0.39, 0.29) is 11.8 Å². The van der Waals surface area contributed by atoms with Gasteiger partial charge in [0.1, 0.15) is 0 Å². The minimum atomic E-state index is 0.0913. The average Bonchev–Trinajstić information content (AvgIpc) is 2.39. The number of hydrogen-bond acceptors (Lipinski definition) is 2. The van der Waals surface area contributed by atoms with Crippen molar-refractivity contribution in [2.45, 2.75) is 19.4 Å². The number of ketones is 1. The van der Waals surface area contributed by atoms with Gasteiger partial charge in [-0.05, 0) is 30.2 Å². The number of benzene rings is 2. The van der Waals surface area contributed by atoms with Crippen LogP contribution in [0.25, 0.3) is 0 Å². The van der Waals surface area contributed by atoms with E-state index in [4.69, 9.17) is 0 Å². The topological polar surface area (TPSA) is 29.1 Å². The van der Waals surface area contributed by atoms with Crippen LogP contribution in [0.5, 0.6) is 0 Å². The van der Waals surface area contributed by atoms with Crippen LogP contribution in [0, 0.1) is 6.92 Å². The van der Waals surface area contributed by atoms with Crippen molar-refractivity contribution in [2.24, 2.45) is 0 Å². The van der Waals surface area contributed by atoms with Gasteiger partial charge >= 0.3 is 0 Å². The van der Waals surface area contributed by atoms with E-state index in [0.29, 0.717) is 6.42 Å². The van der Waals surface area contributed by atoms with Crippen LogP contribution in [-0.2, 0) is 0 Å². The standard InChI is InChI=1S/C16H15NO/c1-11-6-2-3-7-12(11)15-10-16(18)13-8-4-5-9-14(13)17-15/h2-9,15,17H,10H2,1H3/t15-/m1/s1. The molecule has 1 N–H and O–H groups in total. The van der Waals surface area contributed by atoms with Crippen LogP contribution < -0.4 is 5.32 Å². The van der Waals surface area contributed by atoms with E-state index in [1.54, 1.807) is 0 Å². The molecule has 0 spiro atoms. The molecule has 1 atom stereocenters. The van der Waals surface area contributed by atoms with Gasteiger partial charge in [-0.1, -0.05) is 36.4 Å². The largest absolute Gasteiger partial charge is 0.377 e. The van der Waals surface area contributed by atoms with Crippen molar-refractivity contribution in [2.75, 3.05) is 5.32 Å². The molecule has 1 heterocycles. The van der Waals surface area contributed by atoms with E-state index in [2.05, 4.69) is 24.4 Å². The number of fused-ring (bicyclic) bond motifs is 1. The third-order valence-electron chi connectivity index (χ3n) is 3.51. The Hall–Kier alpha value is -2.09. The number of Topliss-reactive ketones (excluding diaryl/α,β-unsaturated/α-hetero) is 1. The number of hydrogen-bond donors (Lipinski definition) is 1. The summed E-state index contributed by atoms with van der Waals surface area (Å²) in [6.45, 7) is 2.09. The van der Waals surface area contributed by atoms with E-state index in [1.165, 1.54) is 11.1 Å². The highest BCUT2D eigenvalue weighted by Gasteiger charge is 2.25. The van der Waals surface area contributed by atoms with E-state index in [0.717, 1.165) is 11.3 Å². The van der Waals surface area contributed by atoms with Crippen molar-refractivity contribution >= 4 is 11.5 Å². The van der Waals surface area contributed by atoms with Crippen molar-refractivity contribution in [1.82, 2.24) is 0 Å². The number of anilines is 1. The number of para-hydroxylation sites is 1. The number of rotatable bonds is 1. The fourth-order valence-corrected chi connectivity index (χ4v) is 2.55. The summed E-state index contributed by atoms with van der Waals surface area (Å²) in [7, 11) is 0. The Kier molecular flexibility index (Phi) is 2.63. The molecule has 2 nitrogen and oxygen atoms in total. The Bertz CT molecular complexity index is 604. The molecule has 0 amide bonds. The molecule has 3 rings (SSSR count). The third-order valence-corrected chi connectivity index (χ3v) is 3.51. The molecular weight excluding hydrogens is 222 g/mol. The van der Waals surface area contributed by atoms with E-state index in [1.807, 2.05) is 36.4 Å². The lowest BCUT2D eigenvalue weighted by molar-refractivity contribution is 0.0972. The number of carbonyl (C=O) groups is 1. The molecule has 2 aromatic carbocycles. The minimum Gasteiger partial charge on any atom is -0.377 e. The number of aryl methyl sites for hydroxylation is 1. The van der Waals surface area contributed by atoms with Crippen molar-refractivity contribution in [3.63, 3.8) is 0 Å². The molecule has 1 aliphatic rings. The van der Waals surface area contributed by atoms with Crippen LogP contribution in [0.15, 0.2) is 48.5 Å². The van der Waals surface area contributed by atoms with Gasteiger partial charge in [-0.15, -0.1) is 0 Å². The Morgan fingerprint density at radius 2 is 1.78 bits per heavy atom. The van der Waals surface area contributed by atoms with Gasteiger partial charge in [-0.2, -0.15) is 0 Å². The fourth-order valence-electron chi connectivity index (χ4n) is 2.55. The van der Waals surface area contributed by atoms with E-state index in [9.17, 15) is 4.79 Å². The molecule has 0 unspecified atom stereocenters. The van der Waals surface area contributed by atoms with Crippen LogP contribution in [0.2, 0.25) is 0 Å². The third kappa shape index (κ3) is 1.80. The van der Waals surface area contributed by atoms with Crippen molar-refractivity contribution in [1.29, 1.82) is 0 Å². The molecule has 2 heteroatoms. The van der Waals surface area contributed by atoms with Gasteiger partial charge in [-0.25, -0.2) is 0 Å². The summed E-state index contributed by atoms with van der Waals surface area (Å²) in [6, 6.07) is 16.0. The van der Waals surface area contributed by atoms with Gasteiger partial charge in [0.25, 0.3) is 0 Å². The van der Waals surface area contributed by atoms with Gasteiger partial charge in [-0.3, -0.25) is 4.79 Å². The minimum absolute atomic E-state index is 0.0913. The lowest BCUT2D eigenvalue weighted by Gasteiger charge is -2.27. The lowest BCUT2D eigenvalue weighted by atomic mass is 9.90. The summed E-state index contributed by atoms with van der Waals surface area (Å²) < 4.78 is 0. The summed E-state index contributed by atoms with van der Waals surface area (Å²) in [4.78, 5) is 12.1. The summed E-state index contributed by atoms with van der Waals surface area (Å²) >= 11 is 0. The van der Waals surface area contributed by atoms with Crippen molar-refractivity contribution in [3.8, 4) is 0 Å². The second-order valence-corrected chi connectivity index (χ2v) is 4.73. The Morgan fingerprint density at radius 3 is 2.61 bits per heavy atom. The molecule has 0 saturated carbocycles. The average molecular weight is 237 g/mol. The molecule has 0 aromatic heterocycles. The zero-order valence-electron chi connectivity index (χ0n) is 10.3. The van der Waals surface area contributed by atoms with Crippen LogP contribution in [0.1, 0.15) is 33.9 Å². The monoisotopic (exact) mass is 237 g/mol. The zero-order valence-corrected chi connectivity index (χ0v) is 10.3. The Balaban J connectivity index is 2.00. The first-order valence-corrected chi connectivity index (χ1v) is 6.20. The number of nitrogens with one attached hydrogen (secondary N) is 1. The molecule has 0 radical (unpaired) electrons. The summed E-state index contributed by atoms with van der Waals surface area (Å²) in [5.41, 5.74) is 4.19. The second-order valence-electron chi connectivity index (χ2n) is 4.73. The van der Waals surface area contributed by atoms with Gasteiger partial charge < -0.3 is 5.32 Å². The quantitative estimate of drug-likeness (QED) is 0.818. The van der Waals surface area contributed by atoms with Crippen LogP contribution in [0.4, 0.5) is 5.69 Å². The smallest absolute Gasteiger partial charge is 0.167 e. The predicted octanol–water partition coefficient (Wildman–Crippen LogP) is 3.73. The SMILES string of the molecule is Cc1ccccc1[C@H]1CC(=O)c2ccccc2N1.